The zero-order valence-electron chi connectivity index (χ0n) is 17.5. The monoisotopic (exact) mass is 407 g/mol. The molecule has 0 spiro atoms. The third-order valence-corrected chi connectivity index (χ3v) is 4.35. The van der Waals surface area contributed by atoms with E-state index in [1.807, 2.05) is 45.0 Å². The second kappa shape index (κ2) is 10.7. The van der Waals surface area contributed by atoms with Crippen molar-refractivity contribution >= 4 is 17.6 Å². The van der Waals surface area contributed by atoms with Crippen LogP contribution in [0.2, 0.25) is 0 Å². The van der Waals surface area contributed by atoms with Crippen LogP contribution in [0.5, 0.6) is 5.75 Å². The van der Waals surface area contributed by atoms with E-state index in [1.165, 1.54) is 13.3 Å². The van der Waals surface area contributed by atoms with Crippen molar-refractivity contribution in [1.82, 2.24) is 5.32 Å². The van der Waals surface area contributed by atoms with Gasteiger partial charge in [0.15, 0.2) is 0 Å². The molecule has 0 aromatic heterocycles. The Morgan fingerprint density at radius 2 is 1.97 bits per heavy atom. The number of methoxy groups -OCH3 is 1. The Hall–Kier alpha value is -3.79. The molecular formula is C23H25N3O4. The lowest BCUT2D eigenvalue weighted by atomic mass is 10.0. The number of anilines is 1. The smallest absolute Gasteiger partial charge is 0.339 e. The largest absolute Gasteiger partial charge is 0.494 e. The van der Waals surface area contributed by atoms with E-state index >= 15 is 0 Å². The Kier molecular flexibility index (Phi) is 8.00. The Morgan fingerprint density at radius 3 is 2.63 bits per heavy atom. The lowest BCUT2D eigenvalue weighted by molar-refractivity contribution is -0.117. The number of hydrogen-bond donors (Lipinski definition) is 2. The van der Waals surface area contributed by atoms with E-state index in [-0.39, 0.29) is 11.6 Å². The third-order valence-electron chi connectivity index (χ3n) is 4.35. The highest BCUT2D eigenvalue weighted by atomic mass is 16.5. The van der Waals surface area contributed by atoms with Crippen LogP contribution in [-0.2, 0) is 9.53 Å². The zero-order chi connectivity index (χ0) is 22.1. The molecule has 0 aliphatic heterocycles. The second-order valence-corrected chi connectivity index (χ2v) is 6.52. The van der Waals surface area contributed by atoms with E-state index in [0.717, 1.165) is 11.1 Å². The molecule has 0 fully saturated rings. The molecule has 30 heavy (non-hydrogen) atoms. The molecule has 0 aliphatic rings. The summed E-state index contributed by atoms with van der Waals surface area (Å²) in [5.74, 6) is -0.383. The molecule has 0 bridgehead atoms. The molecule has 0 heterocycles. The number of rotatable bonds is 8. The van der Waals surface area contributed by atoms with E-state index in [2.05, 4.69) is 10.6 Å². The molecule has 2 N–H and O–H groups in total. The maximum atomic E-state index is 12.6. The maximum absolute atomic E-state index is 12.6. The average Bonchev–Trinajstić information content (AvgIpc) is 2.75. The Balaban J connectivity index is 2.19. The van der Waals surface area contributed by atoms with Crippen molar-refractivity contribution in [3.8, 4) is 11.8 Å². The summed E-state index contributed by atoms with van der Waals surface area (Å²) >= 11 is 0. The highest BCUT2D eigenvalue weighted by molar-refractivity contribution is 5.99. The number of nitriles is 1. The van der Waals surface area contributed by atoms with Gasteiger partial charge in [0.1, 0.15) is 17.4 Å². The Labute approximate surface area is 176 Å². The Morgan fingerprint density at radius 1 is 1.23 bits per heavy atom. The maximum Gasteiger partial charge on any atom is 0.339 e. The van der Waals surface area contributed by atoms with Crippen LogP contribution < -0.4 is 15.4 Å². The fraction of sp³-hybridized carbons (Fsp3) is 0.261. The first-order chi connectivity index (χ1) is 14.4. The molecule has 2 aromatic carbocycles. The Bertz CT molecular complexity index is 992. The zero-order valence-corrected chi connectivity index (χ0v) is 17.5. The number of carbonyl (C=O) groups excluding carboxylic acids is 2. The number of para-hydroxylation sites is 1. The molecule has 156 valence electrons. The van der Waals surface area contributed by atoms with Gasteiger partial charge in [-0.1, -0.05) is 29.8 Å². The predicted molar refractivity (Wildman–Crippen MR) is 114 cm³/mol. The van der Waals surface area contributed by atoms with Crippen LogP contribution in [-0.4, -0.2) is 25.6 Å². The van der Waals surface area contributed by atoms with Gasteiger partial charge in [-0.15, -0.1) is 0 Å². The van der Waals surface area contributed by atoms with Gasteiger partial charge in [-0.05, 0) is 39.0 Å². The summed E-state index contributed by atoms with van der Waals surface area (Å²) in [5, 5.41) is 15.1. The van der Waals surface area contributed by atoms with Crippen LogP contribution in [0.4, 0.5) is 5.69 Å². The van der Waals surface area contributed by atoms with Crippen molar-refractivity contribution < 1.29 is 19.1 Å². The number of amides is 1. The van der Waals surface area contributed by atoms with Gasteiger partial charge < -0.3 is 20.1 Å². The number of aryl methyl sites for hydroxylation is 1. The van der Waals surface area contributed by atoms with E-state index in [0.29, 0.717) is 23.6 Å². The quantitative estimate of drug-likeness (QED) is 0.391. The highest BCUT2D eigenvalue weighted by Gasteiger charge is 2.18. The van der Waals surface area contributed by atoms with Crippen LogP contribution in [0.25, 0.3) is 0 Å². The normalized spacial score (nSPS) is 11.8. The van der Waals surface area contributed by atoms with Crippen molar-refractivity contribution in [2.24, 2.45) is 0 Å². The van der Waals surface area contributed by atoms with Crippen molar-refractivity contribution in [3.05, 3.63) is 70.9 Å². The van der Waals surface area contributed by atoms with Gasteiger partial charge in [-0.25, -0.2) is 4.79 Å². The molecule has 0 saturated heterocycles. The minimum absolute atomic E-state index is 0.132. The highest BCUT2D eigenvalue weighted by Crippen LogP contribution is 2.26. The summed E-state index contributed by atoms with van der Waals surface area (Å²) in [6, 6.07) is 13.9. The van der Waals surface area contributed by atoms with Gasteiger partial charge in [-0.3, -0.25) is 4.79 Å². The van der Waals surface area contributed by atoms with Crippen LogP contribution in [0.1, 0.15) is 41.4 Å². The van der Waals surface area contributed by atoms with Gasteiger partial charge in [0, 0.05) is 11.8 Å². The molecule has 2 aromatic rings. The average molecular weight is 407 g/mol. The van der Waals surface area contributed by atoms with Crippen molar-refractivity contribution in [3.63, 3.8) is 0 Å². The minimum atomic E-state index is -0.544. The topological polar surface area (TPSA) is 100 Å². The molecule has 0 aliphatic carbocycles. The van der Waals surface area contributed by atoms with E-state index < -0.39 is 11.9 Å². The molecular weight excluding hydrogens is 382 g/mol. The summed E-state index contributed by atoms with van der Waals surface area (Å²) in [6.07, 6.45) is 1.27. The second-order valence-electron chi connectivity index (χ2n) is 6.52. The predicted octanol–water partition coefficient (Wildman–Crippen LogP) is 3.88. The van der Waals surface area contributed by atoms with Gasteiger partial charge in [0.2, 0.25) is 0 Å². The summed E-state index contributed by atoms with van der Waals surface area (Å²) in [7, 11) is 1.28. The first-order valence-electron chi connectivity index (χ1n) is 9.49. The first kappa shape index (κ1) is 22.5. The summed E-state index contributed by atoms with van der Waals surface area (Å²) in [6.45, 7) is 6.17. The van der Waals surface area contributed by atoms with Crippen molar-refractivity contribution in [1.29, 1.82) is 5.26 Å². The van der Waals surface area contributed by atoms with Crippen LogP contribution in [0.3, 0.4) is 0 Å². The van der Waals surface area contributed by atoms with Crippen LogP contribution in [0.15, 0.2) is 54.2 Å². The molecule has 7 heteroatoms. The molecule has 0 radical (unpaired) electrons. The molecule has 1 amide bonds. The summed E-state index contributed by atoms with van der Waals surface area (Å²) in [5.41, 5.74) is 2.45. The van der Waals surface area contributed by atoms with E-state index in [9.17, 15) is 14.9 Å². The van der Waals surface area contributed by atoms with E-state index in [1.54, 1.807) is 24.3 Å². The number of nitrogens with one attached hydrogen (secondary N) is 2. The number of nitrogens with zero attached hydrogens (tertiary/aromatic N) is 1. The standard InChI is InChI=1S/C23H25N3O4/c1-5-30-21-11-10-15(2)12-19(21)16(3)26-22(27)17(13-24)14-25-20-9-7-6-8-18(20)23(28)29-4/h6-12,14,16,25H,5H2,1-4H3,(H,26,27)/b17-14-. The van der Waals surface area contributed by atoms with Gasteiger partial charge in [0.25, 0.3) is 5.91 Å². The van der Waals surface area contributed by atoms with Gasteiger partial charge in [0.05, 0.1) is 31.0 Å². The van der Waals surface area contributed by atoms with Gasteiger partial charge in [-0.2, -0.15) is 5.26 Å². The lowest BCUT2D eigenvalue weighted by Crippen LogP contribution is -2.28. The van der Waals surface area contributed by atoms with Crippen LogP contribution >= 0.6 is 0 Å². The van der Waals surface area contributed by atoms with Crippen molar-refractivity contribution in [2.75, 3.05) is 19.0 Å². The molecule has 2 rings (SSSR count). The third kappa shape index (κ3) is 5.61. The molecule has 1 unspecified atom stereocenters. The number of hydrogen-bond acceptors (Lipinski definition) is 6. The number of carbonyl (C=O) groups is 2. The molecule has 7 nitrogen and oxygen atoms in total. The minimum Gasteiger partial charge on any atom is -0.494 e. The molecule has 0 saturated carbocycles. The number of benzene rings is 2. The van der Waals surface area contributed by atoms with Crippen LogP contribution in [0, 0.1) is 18.3 Å². The van der Waals surface area contributed by atoms with Crippen molar-refractivity contribution in [2.45, 2.75) is 26.8 Å². The SMILES string of the molecule is CCOc1ccc(C)cc1C(C)NC(=O)/C(C#N)=C\Nc1ccccc1C(=O)OC. The van der Waals surface area contributed by atoms with Gasteiger partial charge >= 0.3 is 5.97 Å². The number of esters is 1. The lowest BCUT2D eigenvalue weighted by Gasteiger charge is -2.18. The fourth-order valence-electron chi connectivity index (χ4n) is 2.84. The first-order valence-corrected chi connectivity index (χ1v) is 9.49. The van der Waals surface area contributed by atoms with E-state index in [4.69, 9.17) is 9.47 Å². The number of ether oxygens (including phenoxy) is 2. The summed E-state index contributed by atoms with van der Waals surface area (Å²) < 4.78 is 10.4. The molecule has 1 atom stereocenters. The summed E-state index contributed by atoms with van der Waals surface area (Å²) in [4.78, 5) is 24.5. The fourth-order valence-corrected chi connectivity index (χ4v) is 2.84.